The second-order valence-electron chi connectivity index (χ2n) is 4.80. The summed E-state index contributed by atoms with van der Waals surface area (Å²) in [5.41, 5.74) is 1.42. The number of para-hydroxylation sites is 1. The average Bonchev–Trinajstić information content (AvgIpc) is 2.44. The molecule has 0 saturated carbocycles. The number of pyridine rings is 1. The topological polar surface area (TPSA) is 65.8 Å². The first kappa shape index (κ1) is 14.5. The maximum atomic E-state index is 11.1. The van der Waals surface area contributed by atoms with E-state index in [1.165, 1.54) is 0 Å². The summed E-state index contributed by atoms with van der Waals surface area (Å²) in [7, 11) is -0.785. The Morgan fingerprint density at radius 2 is 2.20 bits per heavy atom. The molecule has 0 aliphatic rings. The lowest BCUT2D eigenvalue weighted by atomic mass is 10.1. The van der Waals surface area contributed by atoms with Crippen LogP contribution in [-0.2, 0) is 10.8 Å². The minimum atomic E-state index is -0.785. The Kier molecular flexibility index (Phi) is 4.70. The van der Waals surface area contributed by atoms with Gasteiger partial charge in [0, 0.05) is 34.2 Å². The van der Waals surface area contributed by atoms with Crippen LogP contribution < -0.4 is 5.32 Å². The van der Waals surface area contributed by atoms with Crippen molar-refractivity contribution in [1.29, 1.82) is 5.26 Å². The molecule has 0 bridgehead atoms. The van der Waals surface area contributed by atoms with Gasteiger partial charge in [0.15, 0.2) is 0 Å². The molecular formula is C15H17N3OS. The van der Waals surface area contributed by atoms with Crippen LogP contribution in [0.3, 0.4) is 0 Å². The summed E-state index contributed by atoms with van der Waals surface area (Å²) in [6.07, 6.45) is 2.51. The smallest absolute Gasteiger partial charge is 0.128 e. The molecule has 5 heteroatoms. The molecule has 2 unspecified atom stereocenters. The third-order valence-corrected chi connectivity index (χ3v) is 3.88. The van der Waals surface area contributed by atoms with Crippen molar-refractivity contribution >= 4 is 27.5 Å². The highest BCUT2D eigenvalue weighted by atomic mass is 32.2. The largest absolute Gasteiger partial charge is 0.368 e. The number of hydrogen-bond donors (Lipinski definition) is 1. The molecule has 2 aromatic rings. The second kappa shape index (κ2) is 6.49. The zero-order chi connectivity index (χ0) is 14.5. The van der Waals surface area contributed by atoms with Gasteiger partial charge in [-0.05, 0) is 25.5 Å². The molecule has 0 aliphatic carbocycles. The number of nitrogens with zero attached hydrogens (tertiary/aromatic N) is 2. The molecule has 0 saturated heterocycles. The van der Waals surface area contributed by atoms with Crippen molar-refractivity contribution in [2.24, 2.45) is 0 Å². The van der Waals surface area contributed by atoms with Crippen LogP contribution >= 0.6 is 0 Å². The molecule has 2 atom stereocenters. The van der Waals surface area contributed by atoms with Crippen molar-refractivity contribution in [1.82, 2.24) is 4.98 Å². The Bertz CT molecular complexity index is 678. The van der Waals surface area contributed by atoms with Gasteiger partial charge in [0.05, 0.1) is 17.1 Å². The normalized spacial score (nSPS) is 13.7. The first-order valence-electron chi connectivity index (χ1n) is 6.46. The summed E-state index contributed by atoms with van der Waals surface area (Å²) < 4.78 is 11.1. The number of anilines is 1. The van der Waals surface area contributed by atoms with Gasteiger partial charge in [-0.3, -0.25) is 4.21 Å². The van der Waals surface area contributed by atoms with Crippen LogP contribution in [0.25, 0.3) is 10.9 Å². The highest BCUT2D eigenvalue weighted by Gasteiger charge is 2.08. The van der Waals surface area contributed by atoms with Crippen molar-refractivity contribution in [3.8, 4) is 6.07 Å². The predicted octanol–water partition coefficient (Wildman–Crippen LogP) is 2.68. The number of benzene rings is 1. The highest BCUT2D eigenvalue weighted by Crippen LogP contribution is 2.20. The lowest BCUT2D eigenvalue weighted by Gasteiger charge is -2.14. The van der Waals surface area contributed by atoms with Crippen LogP contribution in [0.4, 0.5) is 5.82 Å². The monoisotopic (exact) mass is 287 g/mol. The Balaban J connectivity index is 2.23. The first-order valence-corrected chi connectivity index (χ1v) is 8.19. The third kappa shape index (κ3) is 3.55. The van der Waals surface area contributed by atoms with Crippen molar-refractivity contribution < 1.29 is 4.21 Å². The Morgan fingerprint density at radius 3 is 2.90 bits per heavy atom. The summed E-state index contributed by atoms with van der Waals surface area (Å²) in [6.45, 7) is 2.02. The first-order chi connectivity index (χ1) is 9.60. The summed E-state index contributed by atoms with van der Waals surface area (Å²) >= 11 is 0. The van der Waals surface area contributed by atoms with E-state index in [1.807, 2.05) is 31.2 Å². The van der Waals surface area contributed by atoms with E-state index >= 15 is 0 Å². The van der Waals surface area contributed by atoms with Crippen molar-refractivity contribution in [2.75, 3.05) is 17.3 Å². The number of aromatic nitrogens is 1. The van der Waals surface area contributed by atoms with Gasteiger partial charge in [0.1, 0.15) is 5.82 Å². The minimum Gasteiger partial charge on any atom is -0.368 e. The SMILES string of the molecule is CC(CCS(C)=O)Nc1cc(C#N)c2ccccc2n1. The van der Waals surface area contributed by atoms with Crippen molar-refractivity contribution in [2.45, 2.75) is 19.4 Å². The quantitative estimate of drug-likeness (QED) is 0.918. The van der Waals surface area contributed by atoms with Gasteiger partial charge in [0.25, 0.3) is 0 Å². The van der Waals surface area contributed by atoms with E-state index in [1.54, 1.807) is 12.3 Å². The van der Waals surface area contributed by atoms with Crippen LogP contribution in [0.2, 0.25) is 0 Å². The van der Waals surface area contributed by atoms with Crippen LogP contribution in [0.5, 0.6) is 0 Å². The van der Waals surface area contributed by atoms with Gasteiger partial charge >= 0.3 is 0 Å². The number of hydrogen-bond acceptors (Lipinski definition) is 4. The number of nitrogens with one attached hydrogen (secondary N) is 1. The Hall–Kier alpha value is -1.93. The molecule has 1 aromatic carbocycles. The van der Waals surface area contributed by atoms with Gasteiger partial charge in [-0.2, -0.15) is 5.26 Å². The molecule has 1 heterocycles. The zero-order valence-corrected chi connectivity index (χ0v) is 12.4. The zero-order valence-electron chi connectivity index (χ0n) is 11.6. The molecule has 104 valence electrons. The minimum absolute atomic E-state index is 0.166. The number of nitriles is 1. The lowest BCUT2D eigenvalue weighted by Crippen LogP contribution is -2.18. The molecular weight excluding hydrogens is 270 g/mol. The van der Waals surface area contributed by atoms with E-state index in [2.05, 4.69) is 16.4 Å². The van der Waals surface area contributed by atoms with Gasteiger partial charge in [-0.1, -0.05) is 18.2 Å². The molecule has 0 aliphatic heterocycles. The van der Waals surface area contributed by atoms with Gasteiger partial charge in [0.2, 0.25) is 0 Å². The summed E-state index contributed by atoms with van der Waals surface area (Å²) in [4.78, 5) is 4.51. The Morgan fingerprint density at radius 1 is 1.45 bits per heavy atom. The standard InChI is InChI=1S/C15H17N3OS/c1-11(7-8-20(2)19)17-15-9-12(10-16)13-5-3-4-6-14(13)18-15/h3-6,9,11H,7-8H2,1-2H3,(H,17,18). The van der Waals surface area contributed by atoms with E-state index in [4.69, 9.17) is 0 Å². The Labute approximate surface area is 121 Å². The van der Waals surface area contributed by atoms with Crippen molar-refractivity contribution in [3.05, 3.63) is 35.9 Å². The number of rotatable bonds is 5. The summed E-state index contributed by atoms with van der Waals surface area (Å²) in [5.74, 6) is 1.35. The van der Waals surface area contributed by atoms with E-state index < -0.39 is 10.8 Å². The van der Waals surface area contributed by atoms with Gasteiger partial charge in [-0.25, -0.2) is 4.98 Å². The molecule has 4 nitrogen and oxygen atoms in total. The predicted molar refractivity (Wildman–Crippen MR) is 83.1 cm³/mol. The highest BCUT2D eigenvalue weighted by molar-refractivity contribution is 7.84. The van der Waals surface area contributed by atoms with Crippen LogP contribution in [0.1, 0.15) is 18.9 Å². The maximum Gasteiger partial charge on any atom is 0.128 e. The van der Waals surface area contributed by atoms with Crippen LogP contribution in [-0.4, -0.2) is 27.2 Å². The van der Waals surface area contributed by atoms with Crippen LogP contribution in [0.15, 0.2) is 30.3 Å². The molecule has 2 rings (SSSR count). The molecule has 0 spiro atoms. The summed E-state index contributed by atoms with van der Waals surface area (Å²) in [5, 5.41) is 13.4. The van der Waals surface area contributed by atoms with E-state index in [9.17, 15) is 9.47 Å². The van der Waals surface area contributed by atoms with E-state index in [-0.39, 0.29) is 6.04 Å². The molecule has 0 radical (unpaired) electrons. The average molecular weight is 287 g/mol. The van der Waals surface area contributed by atoms with E-state index in [0.717, 1.165) is 17.3 Å². The van der Waals surface area contributed by atoms with Gasteiger partial charge < -0.3 is 5.32 Å². The third-order valence-electron chi connectivity index (χ3n) is 3.07. The molecule has 0 fully saturated rings. The van der Waals surface area contributed by atoms with Crippen molar-refractivity contribution in [3.63, 3.8) is 0 Å². The lowest BCUT2D eigenvalue weighted by molar-refractivity contribution is 0.678. The van der Waals surface area contributed by atoms with Crippen LogP contribution in [0, 0.1) is 11.3 Å². The fourth-order valence-corrected chi connectivity index (χ4v) is 2.69. The number of fused-ring (bicyclic) bond motifs is 1. The van der Waals surface area contributed by atoms with Gasteiger partial charge in [-0.15, -0.1) is 0 Å². The fraction of sp³-hybridized carbons (Fsp3) is 0.333. The fourth-order valence-electron chi connectivity index (χ4n) is 2.01. The molecule has 20 heavy (non-hydrogen) atoms. The second-order valence-corrected chi connectivity index (χ2v) is 6.35. The molecule has 1 aromatic heterocycles. The molecule has 0 amide bonds. The van der Waals surface area contributed by atoms with E-state index in [0.29, 0.717) is 17.1 Å². The molecule has 1 N–H and O–H groups in total. The summed E-state index contributed by atoms with van der Waals surface area (Å²) in [6, 6.07) is 11.7. The maximum absolute atomic E-state index is 11.1.